The van der Waals surface area contributed by atoms with Crippen molar-refractivity contribution < 1.29 is 13.2 Å². The van der Waals surface area contributed by atoms with Crippen molar-refractivity contribution in [2.24, 2.45) is 5.84 Å². The van der Waals surface area contributed by atoms with Crippen molar-refractivity contribution in [2.45, 2.75) is 12.5 Å². The minimum absolute atomic E-state index is 0.179. The molecule has 2 rings (SSSR count). The second-order valence-electron chi connectivity index (χ2n) is 4.36. The van der Waals surface area contributed by atoms with Gasteiger partial charge >= 0.3 is 0 Å². The van der Waals surface area contributed by atoms with Crippen LogP contribution in [0.1, 0.15) is 17.2 Å². The molecule has 0 aliphatic rings. The average molecular weight is 345 g/mol. The van der Waals surface area contributed by atoms with Crippen LogP contribution in [0.4, 0.5) is 13.2 Å². The third kappa shape index (κ3) is 3.59. The highest BCUT2D eigenvalue weighted by molar-refractivity contribution is 9.10. The minimum atomic E-state index is -0.698. The van der Waals surface area contributed by atoms with Gasteiger partial charge in [0, 0.05) is 10.5 Å². The molecule has 0 saturated carbocycles. The molecule has 0 spiro atoms. The van der Waals surface area contributed by atoms with Crippen LogP contribution in [0, 0.1) is 17.5 Å². The molecule has 0 radical (unpaired) electrons. The maximum Gasteiger partial charge on any atom is 0.127 e. The van der Waals surface area contributed by atoms with Gasteiger partial charge in [-0.2, -0.15) is 0 Å². The van der Waals surface area contributed by atoms with Crippen LogP contribution in [0.3, 0.4) is 0 Å². The molecule has 0 aliphatic carbocycles. The van der Waals surface area contributed by atoms with Crippen molar-refractivity contribution in [1.29, 1.82) is 0 Å². The standard InChI is InChI=1S/C14H12BrF3N2/c15-10-2-1-8(13(18)6-10)5-14(20-19)9-3-11(16)7-12(17)4-9/h1-4,6-7,14,20H,5,19H2. The molecule has 0 aliphatic heterocycles. The van der Waals surface area contributed by atoms with Gasteiger partial charge in [0.2, 0.25) is 0 Å². The van der Waals surface area contributed by atoms with E-state index in [-0.39, 0.29) is 6.42 Å². The molecule has 3 N–H and O–H groups in total. The second kappa shape index (κ2) is 6.39. The summed E-state index contributed by atoms with van der Waals surface area (Å²) in [7, 11) is 0. The molecule has 1 atom stereocenters. The summed E-state index contributed by atoms with van der Waals surface area (Å²) < 4.78 is 40.8. The maximum atomic E-state index is 13.8. The zero-order valence-electron chi connectivity index (χ0n) is 10.3. The number of hydrogen-bond donors (Lipinski definition) is 2. The zero-order chi connectivity index (χ0) is 14.7. The highest BCUT2D eigenvalue weighted by atomic mass is 79.9. The van der Waals surface area contributed by atoms with E-state index in [0.29, 0.717) is 15.6 Å². The van der Waals surface area contributed by atoms with Crippen LogP contribution in [0.25, 0.3) is 0 Å². The van der Waals surface area contributed by atoms with Gasteiger partial charge in [0.05, 0.1) is 6.04 Å². The molecule has 6 heteroatoms. The molecule has 2 nitrogen and oxygen atoms in total. The summed E-state index contributed by atoms with van der Waals surface area (Å²) >= 11 is 3.16. The molecule has 0 bridgehead atoms. The SMILES string of the molecule is NNC(Cc1ccc(Br)cc1F)c1cc(F)cc(F)c1. The fourth-order valence-electron chi connectivity index (χ4n) is 1.96. The summed E-state index contributed by atoms with van der Waals surface area (Å²) in [5, 5.41) is 0. The molecule has 2 aromatic rings. The van der Waals surface area contributed by atoms with Gasteiger partial charge in [0.1, 0.15) is 17.5 Å². The fraction of sp³-hybridized carbons (Fsp3) is 0.143. The Morgan fingerprint density at radius 1 is 1.05 bits per heavy atom. The van der Waals surface area contributed by atoms with E-state index in [1.807, 2.05) is 0 Å². The van der Waals surface area contributed by atoms with E-state index in [2.05, 4.69) is 21.4 Å². The van der Waals surface area contributed by atoms with Crippen molar-refractivity contribution in [3.8, 4) is 0 Å². The Hall–Kier alpha value is -1.37. The minimum Gasteiger partial charge on any atom is -0.271 e. The van der Waals surface area contributed by atoms with Crippen molar-refractivity contribution in [3.63, 3.8) is 0 Å². The second-order valence-corrected chi connectivity index (χ2v) is 5.28. The van der Waals surface area contributed by atoms with E-state index in [0.717, 1.165) is 6.07 Å². The van der Waals surface area contributed by atoms with E-state index in [1.165, 1.54) is 18.2 Å². The lowest BCUT2D eigenvalue weighted by molar-refractivity contribution is 0.516. The van der Waals surface area contributed by atoms with E-state index in [9.17, 15) is 13.2 Å². The van der Waals surface area contributed by atoms with Gasteiger partial charge in [0.25, 0.3) is 0 Å². The maximum absolute atomic E-state index is 13.8. The predicted octanol–water partition coefficient (Wildman–Crippen LogP) is 3.61. The molecule has 20 heavy (non-hydrogen) atoms. The molecule has 0 saturated heterocycles. The normalized spacial score (nSPS) is 12.4. The number of hydrogen-bond acceptors (Lipinski definition) is 2. The molecule has 106 valence electrons. The molecule has 0 heterocycles. The molecule has 1 unspecified atom stereocenters. The van der Waals surface area contributed by atoms with E-state index >= 15 is 0 Å². The van der Waals surface area contributed by atoms with Gasteiger partial charge in [-0.1, -0.05) is 22.0 Å². The Kier molecular flexibility index (Phi) is 4.80. The van der Waals surface area contributed by atoms with Gasteiger partial charge in [-0.3, -0.25) is 11.3 Å². The monoisotopic (exact) mass is 344 g/mol. The molecule has 0 fully saturated rings. The lowest BCUT2D eigenvalue weighted by atomic mass is 9.99. The highest BCUT2D eigenvalue weighted by Gasteiger charge is 2.15. The third-order valence-corrected chi connectivity index (χ3v) is 3.42. The molecule has 0 amide bonds. The number of benzene rings is 2. The first-order chi connectivity index (χ1) is 9.49. The number of hydrazine groups is 1. The lowest BCUT2D eigenvalue weighted by Gasteiger charge is -2.17. The quantitative estimate of drug-likeness (QED) is 0.656. The topological polar surface area (TPSA) is 38.0 Å². The van der Waals surface area contributed by atoms with Crippen LogP contribution in [0.15, 0.2) is 40.9 Å². The summed E-state index contributed by atoms with van der Waals surface area (Å²) in [5.74, 6) is 3.60. The van der Waals surface area contributed by atoms with Gasteiger partial charge in [0.15, 0.2) is 0 Å². The van der Waals surface area contributed by atoms with Crippen LogP contribution < -0.4 is 11.3 Å². The van der Waals surface area contributed by atoms with E-state index < -0.39 is 23.5 Å². The Morgan fingerprint density at radius 2 is 1.70 bits per heavy atom. The Bertz CT molecular complexity index is 599. The first kappa shape index (κ1) is 15.0. The van der Waals surface area contributed by atoms with Crippen LogP contribution in [0.5, 0.6) is 0 Å². The smallest absolute Gasteiger partial charge is 0.127 e. The summed E-state index contributed by atoms with van der Waals surface area (Å²) in [6, 6.07) is 7.15. The van der Waals surface area contributed by atoms with Crippen LogP contribution in [0.2, 0.25) is 0 Å². The van der Waals surface area contributed by atoms with E-state index in [1.54, 1.807) is 12.1 Å². The number of rotatable bonds is 4. The first-order valence-electron chi connectivity index (χ1n) is 5.85. The summed E-state index contributed by atoms with van der Waals surface area (Å²) in [4.78, 5) is 0. The van der Waals surface area contributed by atoms with Crippen molar-refractivity contribution in [2.75, 3.05) is 0 Å². The molecular formula is C14H12BrF3N2. The number of nitrogens with one attached hydrogen (secondary N) is 1. The van der Waals surface area contributed by atoms with Crippen molar-refractivity contribution in [1.82, 2.24) is 5.43 Å². The van der Waals surface area contributed by atoms with Crippen molar-refractivity contribution >= 4 is 15.9 Å². The Labute approximate surface area is 122 Å². The van der Waals surface area contributed by atoms with Crippen LogP contribution in [-0.4, -0.2) is 0 Å². The number of halogens is 4. The third-order valence-electron chi connectivity index (χ3n) is 2.93. The Balaban J connectivity index is 2.28. The summed E-state index contributed by atoms with van der Waals surface area (Å²) in [6.07, 6.45) is 0.179. The fourth-order valence-corrected chi connectivity index (χ4v) is 2.29. The zero-order valence-corrected chi connectivity index (χ0v) is 11.9. The first-order valence-corrected chi connectivity index (χ1v) is 6.65. The lowest BCUT2D eigenvalue weighted by Crippen LogP contribution is -2.30. The molecular weight excluding hydrogens is 333 g/mol. The summed E-state index contributed by atoms with van der Waals surface area (Å²) in [5.41, 5.74) is 3.18. The van der Waals surface area contributed by atoms with Gasteiger partial charge in [-0.25, -0.2) is 13.2 Å². The largest absolute Gasteiger partial charge is 0.271 e. The summed E-state index contributed by atoms with van der Waals surface area (Å²) in [6.45, 7) is 0. The van der Waals surface area contributed by atoms with Gasteiger partial charge < -0.3 is 0 Å². The van der Waals surface area contributed by atoms with Gasteiger partial charge in [-0.05, 0) is 41.8 Å². The van der Waals surface area contributed by atoms with E-state index in [4.69, 9.17) is 5.84 Å². The number of nitrogens with two attached hydrogens (primary N) is 1. The highest BCUT2D eigenvalue weighted by Crippen LogP contribution is 2.23. The van der Waals surface area contributed by atoms with Crippen LogP contribution in [-0.2, 0) is 6.42 Å². The average Bonchev–Trinajstić information content (AvgIpc) is 2.36. The van der Waals surface area contributed by atoms with Crippen molar-refractivity contribution in [3.05, 3.63) is 69.4 Å². The molecule has 0 aromatic heterocycles. The van der Waals surface area contributed by atoms with Gasteiger partial charge in [-0.15, -0.1) is 0 Å². The predicted molar refractivity (Wildman–Crippen MR) is 74.2 cm³/mol. The van der Waals surface area contributed by atoms with Crippen LogP contribution >= 0.6 is 15.9 Å². The molecule has 2 aromatic carbocycles. The Morgan fingerprint density at radius 3 is 2.25 bits per heavy atom.